The van der Waals surface area contributed by atoms with Crippen LogP contribution in [0.15, 0.2) is 11.1 Å². The Kier molecular flexibility index (Phi) is 7.16. The third kappa shape index (κ3) is 6.15. The van der Waals surface area contributed by atoms with Gasteiger partial charge in [0.15, 0.2) is 0 Å². The van der Waals surface area contributed by atoms with Crippen molar-refractivity contribution in [3.8, 4) is 0 Å². The van der Waals surface area contributed by atoms with E-state index in [0.717, 1.165) is 17.9 Å². The summed E-state index contributed by atoms with van der Waals surface area (Å²) in [5, 5.41) is 1.05. The molecule has 0 aromatic rings. The summed E-state index contributed by atoms with van der Waals surface area (Å²) in [4.78, 5) is 0. The molecule has 0 aliphatic rings. The molecule has 10 heavy (non-hydrogen) atoms. The van der Waals surface area contributed by atoms with E-state index in [9.17, 15) is 0 Å². The molecule has 0 nitrogen and oxygen atoms in total. The van der Waals surface area contributed by atoms with Gasteiger partial charge < -0.3 is 0 Å². The summed E-state index contributed by atoms with van der Waals surface area (Å²) in [5.41, 5.74) is 0. The third-order valence-corrected chi connectivity index (χ3v) is 1.77. The van der Waals surface area contributed by atoms with E-state index in [2.05, 4.69) is 19.9 Å². The highest BCUT2D eigenvalue weighted by Gasteiger charge is 1.89. The average molecular weight is 161 g/mol. The Morgan fingerprint density at radius 3 is 2.50 bits per heavy atom. The van der Waals surface area contributed by atoms with Gasteiger partial charge in [0.1, 0.15) is 0 Å². The first-order valence-corrected chi connectivity index (χ1v) is 4.53. The Hall–Kier alpha value is 0.0300. The van der Waals surface area contributed by atoms with Crippen LogP contribution in [0.25, 0.3) is 0 Å². The maximum atomic E-state index is 5.90. The van der Waals surface area contributed by atoms with Crippen molar-refractivity contribution in [3.05, 3.63) is 11.1 Å². The van der Waals surface area contributed by atoms with Crippen LogP contribution in [0, 0.1) is 0 Å². The predicted molar refractivity (Wildman–Crippen MR) is 48.4 cm³/mol. The van der Waals surface area contributed by atoms with Crippen molar-refractivity contribution in [2.24, 2.45) is 0 Å². The van der Waals surface area contributed by atoms with Crippen LogP contribution >= 0.6 is 11.6 Å². The van der Waals surface area contributed by atoms with Crippen molar-refractivity contribution in [1.82, 2.24) is 0 Å². The van der Waals surface area contributed by atoms with Gasteiger partial charge in [0.2, 0.25) is 0 Å². The van der Waals surface area contributed by atoms with Crippen LogP contribution in [0.5, 0.6) is 0 Å². The molecule has 1 heteroatoms. The molecule has 60 valence electrons. The van der Waals surface area contributed by atoms with Gasteiger partial charge in [0, 0.05) is 5.03 Å². The van der Waals surface area contributed by atoms with Gasteiger partial charge in [-0.2, -0.15) is 0 Å². The summed E-state index contributed by atoms with van der Waals surface area (Å²) < 4.78 is 0. The number of hydrogen-bond donors (Lipinski definition) is 0. The van der Waals surface area contributed by atoms with E-state index in [1.54, 1.807) is 0 Å². The first kappa shape index (κ1) is 10.0. The van der Waals surface area contributed by atoms with E-state index >= 15 is 0 Å². The molecule has 0 aliphatic heterocycles. The highest BCUT2D eigenvalue weighted by Crippen LogP contribution is 2.12. The van der Waals surface area contributed by atoms with Crippen LogP contribution in [0.2, 0.25) is 0 Å². The van der Waals surface area contributed by atoms with E-state index in [0.29, 0.717) is 0 Å². The lowest BCUT2D eigenvalue weighted by atomic mass is 10.2. The van der Waals surface area contributed by atoms with Crippen molar-refractivity contribution >= 4 is 11.6 Å². The molecular weight excluding hydrogens is 144 g/mol. The van der Waals surface area contributed by atoms with Gasteiger partial charge in [-0.1, -0.05) is 44.4 Å². The molecule has 0 aromatic heterocycles. The van der Waals surface area contributed by atoms with E-state index in [1.165, 1.54) is 19.3 Å². The minimum atomic E-state index is 1.05. The number of hydrogen-bond acceptors (Lipinski definition) is 0. The quantitative estimate of drug-likeness (QED) is 0.568. The summed E-state index contributed by atoms with van der Waals surface area (Å²) in [6, 6.07) is 0. The van der Waals surface area contributed by atoms with E-state index in [4.69, 9.17) is 11.6 Å². The van der Waals surface area contributed by atoms with Crippen LogP contribution in [0.4, 0.5) is 0 Å². The molecule has 0 amide bonds. The Labute approximate surface area is 69.3 Å². The van der Waals surface area contributed by atoms with Crippen LogP contribution in [-0.2, 0) is 0 Å². The first-order valence-electron chi connectivity index (χ1n) is 4.15. The second-order valence-corrected chi connectivity index (χ2v) is 3.03. The molecule has 0 N–H and O–H groups in total. The standard InChI is InChI=1S/C9H17Cl/c1-3-5-7-9(10)8-6-4-2/h7H,3-6,8H2,1-2H3. The second-order valence-electron chi connectivity index (χ2n) is 2.54. The fraction of sp³-hybridized carbons (Fsp3) is 0.778. The minimum absolute atomic E-state index is 1.05. The fourth-order valence-electron chi connectivity index (χ4n) is 0.749. The molecular formula is C9H17Cl. The molecule has 0 aromatic carbocycles. The number of halogens is 1. The zero-order chi connectivity index (χ0) is 7.82. The fourth-order valence-corrected chi connectivity index (χ4v) is 0.991. The van der Waals surface area contributed by atoms with Crippen molar-refractivity contribution in [3.63, 3.8) is 0 Å². The number of rotatable bonds is 5. The van der Waals surface area contributed by atoms with Gasteiger partial charge in [-0.3, -0.25) is 0 Å². The van der Waals surface area contributed by atoms with Gasteiger partial charge in [-0.25, -0.2) is 0 Å². The molecule has 0 heterocycles. The summed E-state index contributed by atoms with van der Waals surface area (Å²) in [6.45, 7) is 4.35. The molecule has 0 saturated carbocycles. The van der Waals surface area contributed by atoms with Crippen LogP contribution in [0.3, 0.4) is 0 Å². The van der Waals surface area contributed by atoms with E-state index < -0.39 is 0 Å². The van der Waals surface area contributed by atoms with Crippen LogP contribution in [-0.4, -0.2) is 0 Å². The average Bonchev–Trinajstić information content (AvgIpc) is 1.97. The molecule has 0 aliphatic carbocycles. The highest BCUT2D eigenvalue weighted by atomic mass is 35.5. The van der Waals surface area contributed by atoms with Gasteiger partial charge in [0.25, 0.3) is 0 Å². The van der Waals surface area contributed by atoms with Gasteiger partial charge in [-0.05, 0) is 19.3 Å². The number of allylic oxidation sites excluding steroid dienone is 2. The summed E-state index contributed by atoms with van der Waals surface area (Å²) in [6.07, 6.45) is 7.98. The zero-order valence-corrected chi connectivity index (χ0v) is 7.75. The van der Waals surface area contributed by atoms with E-state index in [-0.39, 0.29) is 0 Å². The van der Waals surface area contributed by atoms with Crippen molar-refractivity contribution < 1.29 is 0 Å². The SMILES string of the molecule is CCCC=C(Cl)CCCC. The summed E-state index contributed by atoms with van der Waals surface area (Å²) in [7, 11) is 0. The molecule has 0 unspecified atom stereocenters. The normalized spacial score (nSPS) is 12.1. The maximum absolute atomic E-state index is 5.90. The second kappa shape index (κ2) is 7.14. The third-order valence-electron chi connectivity index (χ3n) is 1.42. The largest absolute Gasteiger partial charge is 0.0895 e. The summed E-state index contributed by atoms with van der Waals surface area (Å²) in [5.74, 6) is 0. The van der Waals surface area contributed by atoms with E-state index in [1.807, 2.05) is 0 Å². The first-order chi connectivity index (χ1) is 4.81. The molecule has 0 rings (SSSR count). The molecule has 0 atom stereocenters. The molecule has 0 spiro atoms. The van der Waals surface area contributed by atoms with Crippen LogP contribution < -0.4 is 0 Å². The lowest BCUT2D eigenvalue weighted by Gasteiger charge is -1.95. The molecule has 0 bridgehead atoms. The van der Waals surface area contributed by atoms with Gasteiger partial charge in [0.05, 0.1) is 0 Å². The van der Waals surface area contributed by atoms with Crippen molar-refractivity contribution in [2.75, 3.05) is 0 Å². The Morgan fingerprint density at radius 2 is 2.00 bits per heavy atom. The van der Waals surface area contributed by atoms with Crippen LogP contribution in [0.1, 0.15) is 46.0 Å². The Morgan fingerprint density at radius 1 is 1.30 bits per heavy atom. The molecule has 0 radical (unpaired) electrons. The smallest absolute Gasteiger partial charge is 0.0141 e. The monoisotopic (exact) mass is 160 g/mol. The summed E-state index contributed by atoms with van der Waals surface area (Å²) >= 11 is 5.90. The van der Waals surface area contributed by atoms with Gasteiger partial charge >= 0.3 is 0 Å². The lowest BCUT2D eigenvalue weighted by Crippen LogP contribution is -1.74. The van der Waals surface area contributed by atoms with Crippen molar-refractivity contribution in [1.29, 1.82) is 0 Å². The van der Waals surface area contributed by atoms with Gasteiger partial charge in [-0.15, -0.1) is 0 Å². The lowest BCUT2D eigenvalue weighted by molar-refractivity contribution is 0.802. The topological polar surface area (TPSA) is 0 Å². The number of unbranched alkanes of at least 4 members (excludes halogenated alkanes) is 2. The zero-order valence-electron chi connectivity index (χ0n) is 6.99. The molecule has 0 fully saturated rings. The maximum Gasteiger partial charge on any atom is 0.0141 e. The van der Waals surface area contributed by atoms with Crippen molar-refractivity contribution in [2.45, 2.75) is 46.0 Å². The Balaban J connectivity index is 3.30. The molecule has 0 saturated heterocycles. The highest BCUT2D eigenvalue weighted by molar-refractivity contribution is 6.29. The predicted octanol–water partition coefficient (Wildman–Crippen LogP) is 4.10. The Bertz CT molecular complexity index is 94.9. The minimum Gasteiger partial charge on any atom is -0.0895 e.